The molecule has 0 aromatic heterocycles. The summed E-state index contributed by atoms with van der Waals surface area (Å²) in [5.74, 6) is -0.590. The van der Waals surface area contributed by atoms with Crippen molar-refractivity contribution < 1.29 is 13.2 Å². The minimum absolute atomic E-state index is 0.0386. The van der Waals surface area contributed by atoms with Gasteiger partial charge in [0, 0.05) is 6.04 Å². The highest BCUT2D eigenvalue weighted by molar-refractivity contribution is 7.89. The molecule has 0 saturated heterocycles. The number of aryl methyl sites for hydroxylation is 1. The molecular formula is C18H21N3O3S. The summed E-state index contributed by atoms with van der Waals surface area (Å²) in [6.07, 6.45) is 1.50. The van der Waals surface area contributed by atoms with Gasteiger partial charge in [-0.05, 0) is 38.5 Å². The van der Waals surface area contributed by atoms with E-state index in [4.69, 9.17) is 0 Å². The molecule has 0 fully saturated rings. The lowest BCUT2D eigenvalue weighted by Crippen LogP contribution is -2.32. The van der Waals surface area contributed by atoms with Crippen molar-refractivity contribution >= 4 is 22.1 Å². The summed E-state index contributed by atoms with van der Waals surface area (Å²) in [6, 6.07) is 13.3. The van der Waals surface area contributed by atoms with E-state index >= 15 is 0 Å². The molecule has 1 amide bonds. The van der Waals surface area contributed by atoms with Crippen LogP contribution in [0.5, 0.6) is 0 Å². The summed E-state index contributed by atoms with van der Waals surface area (Å²) < 4.78 is 27.2. The smallest absolute Gasteiger partial charge is 0.267 e. The van der Waals surface area contributed by atoms with Gasteiger partial charge in [0.2, 0.25) is 10.0 Å². The Labute approximate surface area is 148 Å². The van der Waals surface area contributed by atoms with Crippen LogP contribution in [0.4, 0.5) is 0 Å². The molecule has 25 heavy (non-hydrogen) atoms. The van der Waals surface area contributed by atoms with Crippen LogP contribution in [0.1, 0.15) is 35.3 Å². The van der Waals surface area contributed by atoms with Crippen LogP contribution in [0.15, 0.2) is 58.5 Å². The fraction of sp³-hybridized carbons (Fsp3) is 0.222. The van der Waals surface area contributed by atoms with Gasteiger partial charge in [0.05, 0.1) is 16.7 Å². The number of hydrogen-bond acceptors (Lipinski definition) is 4. The SMILES string of the molecule is Cc1ccc(/C=N/NC(=O)c2ccccc2S(=O)(=O)NC(C)C)cc1. The number of nitrogens with zero attached hydrogens (tertiary/aromatic N) is 1. The van der Waals surface area contributed by atoms with Crippen molar-refractivity contribution in [3.8, 4) is 0 Å². The number of sulfonamides is 1. The average Bonchev–Trinajstić information content (AvgIpc) is 2.55. The number of amides is 1. The quantitative estimate of drug-likeness (QED) is 0.613. The Hall–Kier alpha value is -2.51. The third-order valence-corrected chi connectivity index (χ3v) is 4.99. The molecule has 0 unspecified atom stereocenters. The first-order valence-electron chi connectivity index (χ1n) is 7.81. The van der Waals surface area contributed by atoms with Gasteiger partial charge in [0.1, 0.15) is 0 Å². The van der Waals surface area contributed by atoms with E-state index in [9.17, 15) is 13.2 Å². The maximum Gasteiger partial charge on any atom is 0.272 e. The minimum Gasteiger partial charge on any atom is -0.267 e. The topological polar surface area (TPSA) is 87.6 Å². The van der Waals surface area contributed by atoms with Crippen LogP contribution in [0.3, 0.4) is 0 Å². The monoisotopic (exact) mass is 359 g/mol. The highest BCUT2D eigenvalue weighted by Crippen LogP contribution is 2.15. The molecule has 0 aliphatic heterocycles. The predicted molar refractivity (Wildman–Crippen MR) is 98.1 cm³/mol. The number of carbonyl (C=O) groups excluding carboxylic acids is 1. The van der Waals surface area contributed by atoms with E-state index in [2.05, 4.69) is 15.2 Å². The zero-order valence-corrected chi connectivity index (χ0v) is 15.2. The van der Waals surface area contributed by atoms with Gasteiger partial charge in [0.15, 0.2) is 0 Å². The Morgan fingerprint density at radius 2 is 1.72 bits per heavy atom. The predicted octanol–water partition coefficient (Wildman–Crippen LogP) is 2.45. The summed E-state index contributed by atoms with van der Waals surface area (Å²) in [7, 11) is -3.78. The first-order valence-corrected chi connectivity index (χ1v) is 9.29. The highest BCUT2D eigenvalue weighted by atomic mass is 32.2. The minimum atomic E-state index is -3.78. The lowest BCUT2D eigenvalue weighted by atomic mass is 10.2. The summed E-state index contributed by atoms with van der Waals surface area (Å²) in [6.45, 7) is 5.41. The summed E-state index contributed by atoms with van der Waals surface area (Å²) in [4.78, 5) is 12.2. The number of rotatable bonds is 6. The molecule has 0 atom stereocenters. The first-order chi connectivity index (χ1) is 11.8. The standard InChI is InChI=1S/C18H21N3O3S/c1-13(2)21-25(23,24)17-7-5-4-6-16(17)18(22)20-19-12-15-10-8-14(3)9-11-15/h4-13,21H,1-3H3,(H,20,22)/b19-12+. The Morgan fingerprint density at radius 3 is 2.36 bits per heavy atom. The number of benzene rings is 2. The van der Waals surface area contributed by atoms with Crippen LogP contribution < -0.4 is 10.1 Å². The van der Waals surface area contributed by atoms with Crippen molar-refractivity contribution in [3.05, 3.63) is 65.2 Å². The van der Waals surface area contributed by atoms with E-state index in [0.717, 1.165) is 11.1 Å². The van der Waals surface area contributed by atoms with Crippen LogP contribution in [0.2, 0.25) is 0 Å². The summed E-state index contributed by atoms with van der Waals surface area (Å²) in [5.41, 5.74) is 4.36. The molecule has 0 bridgehead atoms. The van der Waals surface area contributed by atoms with E-state index in [1.807, 2.05) is 31.2 Å². The molecule has 2 aromatic carbocycles. The average molecular weight is 359 g/mol. The van der Waals surface area contributed by atoms with Crippen molar-refractivity contribution in [3.63, 3.8) is 0 Å². The second-order valence-electron chi connectivity index (χ2n) is 5.88. The van der Waals surface area contributed by atoms with Gasteiger partial charge in [-0.2, -0.15) is 5.10 Å². The van der Waals surface area contributed by atoms with Crippen molar-refractivity contribution in [1.82, 2.24) is 10.1 Å². The second-order valence-corrected chi connectivity index (χ2v) is 7.56. The van der Waals surface area contributed by atoms with E-state index in [1.54, 1.807) is 26.0 Å². The lowest BCUT2D eigenvalue weighted by Gasteiger charge is -2.12. The van der Waals surface area contributed by atoms with E-state index < -0.39 is 15.9 Å². The van der Waals surface area contributed by atoms with Gasteiger partial charge >= 0.3 is 0 Å². The molecule has 0 aliphatic rings. The Kier molecular flexibility index (Phi) is 6.06. The van der Waals surface area contributed by atoms with E-state index in [0.29, 0.717) is 0 Å². The Bertz CT molecular complexity index is 873. The molecule has 2 aromatic rings. The van der Waals surface area contributed by atoms with Crippen molar-refractivity contribution in [1.29, 1.82) is 0 Å². The van der Waals surface area contributed by atoms with E-state index in [-0.39, 0.29) is 16.5 Å². The molecule has 0 saturated carbocycles. The number of carbonyl (C=O) groups is 1. The fourth-order valence-electron chi connectivity index (χ4n) is 2.14. The van der Waals surface area contributed by atoms with Gasteiger partial charge < -0.3 is 0 Å². The highest BCUT2D eigenvalue weighted by Gasteiger charge is 2.22. The zero-order valence-electron chi connectivity index (χ0n) is 14.4. The third-order valence-electron chi connectivity index (χ3n) is 3.27. The van der Waals surface area contributed by atoms with Gasteiger partial charge in [-0.3, -0.25) is 4.79 Å². The normalized spacial score (nSPS) is 11.8. The van der Waals surface area contributed by atoms with Crippen molar-refractivity contribution in [2.75, 3.05) is 0 Å². The van der Waals surface area contributed by atoms with Gasteiger partial charge in [-0.15, -0.1) is 0 Å². The van der Waals surface area contributed by atoms with Crippen LogP contribution >= 0.6 is 0 Å². The third kappa shape index (κ3) is 5.23. The molecule has 132 valence electrons. The fourth-order valence-corrected chi connectivity index (χ4v) is 3.60. The molecule has 2 rings (SSSR count). The van der Waals surface area contributed by atoms with Gasteiger partial charge in [0.25, 0.3) is 5.91 Å². The molecule has 7 heteroatoms. The summed E-state index contributed by atoms with van der Waals surface area (Å²) >= 11 is 0. The van der Waals surface area contributed by atoms with Crippen LogP contribution in [0.25, 0.3) is 0 Å². The second kappa shape index (κ2) is 8.04. The molecule has 0 radical (unpaired) electrons. The molecule has 0 aliphatic carbocycles. The lowest BCUT2D eigenvalue weighted by molar-refractivity contribution is 0.0952. The molecular weight excluding hydrogens is 338 g/mol. The number of hydrogen-bond donors (Lipinski definition) is 2. The van der Waals surface area contributed by atoms with Crippen LogP contribution in [-0.4, -0.2) is 26.6 Å². The van der Waals surface area contributed by atoms with Gasteiger partial charge in [-0.1, -0.05) is 42.0 Å². The molecule has 2 N–H and O–H groups in total. The van der Waals surface area contributed by atoms with Crippen molar-refractivity contribution in [2.45, 2.75) is 31.7 Å². The van der Waals surface area contributed by atoms with Crippen molar-refractivity contribution in [2.24, 2.45) is 5.10 Å². The Morgan fingerprint density at radius 1 is 1.08 bits per heavy atom. The Balaban J connectivity index is 2.18. The van der Waals surface area contributed by atoms with E-state index in [1.165, 1.54) is 18.3 Å². The number of hydrazone groups is 1. The maximum absolute atomic E-state index is 12.4. The largest absolute Gasteiger partial charge is 0.272 e. The molecule has 0 spiro atoms. The number of nitrogens with one attached hydrogen (secondary N) is 2. The maximum atomic E-state index is 12.4. The first kappa shape index (κ1) is 18.8. The van der Waals surface area contributed by atoms with Gasteiger partial charge in [-0.25, -0.2) is 18.6 Å². The van der Waals surface area contributed by atoms with Crippen LogP contribution in [-0.2, 0) is 10.0 Å². The molecule has 6 nitrogen and oxygen atoms in total. The van der Waals surface area contributed by atoms with Crippen LogP contribution in [0, 0.1) is 6.92 Å². The molecule has 0 heterocycles. The zero-order chi connectivity index (χ0) is 18.4. The summed E-state index contributed by atoms with van der Waals surface area (Å²) in [5, 5.41) is 3.89.